The van der Waals surface area contributed by atoms with Gasteiger partial charge in [-0.15, -0.1) is 0 Å². The van der Waals surface area contributed by atoms with E-state index in [2.05, 4.69) is 51.4 Å². The molecule has 0 spiro atoms. The number of aryl methyl sites for hydroxylation is 1. The van der Waals surface area contributed by atoms with Crippen molar-refractivity contribution in [2.24, 2.45) is 18.7 Å². The minimum Gasteiger partial charge on any atom is -0.330 e. The molecule has 0 bridgehead atoms. The number of aromatic nitrogens is 2. The van der Waals surface area contributed by atoms with Gasteiger partial charge in [-0.2, -0.15) is 5.10 Å². The van der Waals surface area contributed by atoms with Crippen LogP contribution in [0.1, 0.15) is 11.3 Å². The zero-order valence-electron chi connectivity index (χ0n) is 10.5. The Hall–Kier alpha value is -1.13. The van der Waals surface area contributed by atoms with Crippen LogP contribution in [0.3, 0.4) is 0 Å². The van der Waals surface area contributed by atoms with Crippen molar-refractivity contribution >= 4 is 15.9 Å². The predicted octanol–water partition coefficient (Wildman–Crippen LogP) is 2.54. The number of nitrogens with two attached hydrogens (primary N) is 1. The molecule has 1 unspecified atom stereocenters. The third-order valence-corrected chi connectivity index (χ3v) is 3.57. The molecule has 1 aromatic carbocycles. The molecule has 0 aliphatic carbocycles. The number of nitrogens with zero attached hydrogens (tertiary/aromatic N) is 2. The summed E-state index contributed by atoms with van der Waals surface area (Å²) in [6, 6.07) is 10.5. The summed E-state index contributed by atoms with van der Waals surface area (Å²) >= 11 is 3.45. The first kappa shape index (κ1) is 13.3. The summed E-state index contributed by atoms with van der Waals surface area (Å²) in [6.07, 6.45) is 3.91. The maximum atomic E-state index is 5.86. The van der Waals surface area contributed by atoms with E-state index in [0.717, 1.165) is 23.0 Å². The standard InChI is InChI=1S/C14H18BrN3/c1-18-7-6-14(17-18)9-12(10-16)8-11-2-4-13(15)5-3-11/h2-7,12H,8-10,16H2,1H3. The van der Waals surface area contributed by atoms with E-state index >= 15 is 0 Å². The molecule has 96 valence electrons. The van der Waals surface area contributed by atoms with Crippen molar-refractivity contribution < 1.29 is 0 Å². The van der Waals surface area contributed by atoms with Gasteiger partial charge in [-0.3, -0.25) is 4.68 Å². The highest BCUT2D eigenvalue weighted by Crippen LogP contribution is 2.16. The number of hydrogen-bond donors (Lipinski definition) is 1. The lowest BCUT2D eigenvalue weighted by molar-refractivity contribution is 0.522. The van der Waals surface area contributed by atoms with Crippen LogP contribution in [-0.4, -0.2) is 16.3 Å². The van der Waals surface area contributed by atoms with Crippen LogP contribution in [0.2, 0.25) is 0 Å². The highest BCUT2D eigenvalue weighted by Gasteiger charge is 2.10. The Morgan fingerprint density at radius 2 is 1.94 bits per heavy atom. The number of hydrogen-bond acceptors (Lipinski definition) is 2. The van der Waals surface area contributed by atoms with Crippen molar-refractivity contribution in [3.8, 4) is 0 Å². The van der Waals surface area contributed by atoms with E-state index in [9.17, 15) is 0 Å². The molecule has 0 saturated heterocycles. The van der Waals surface area contributed by atoms with Gasteiger partial charge in [0.2, 0.25) is 0 Å². The summed E-state index contributed by atoms with van der Waals surface area (Å²) in [5, 5.41) is 4.41. The first-order chi connectivity index (χ1) is 8.67. The van der Waals surface area contributed by atoms with Crippen LogP contribution in [0, 0.1) is 5.92 Å². The van der Waals surface area contributed by atoms with Gasteiger partial charge in [0.25, 0.3) is 0 Å². The van der Waals surface area contributed by atoms with E-state index in [-0.39, 0.29) is 0 Å². The summed E-state index contributed by atoms with van der Waals surface area (Å²) in [6.45, 7) is 0.687. The molecule has 0 amide bonds. The molecule has 1 aromatic heterocycles. The molecule has 0 aliphatic heterocycles. The van der Waals surface area contributed by atoms with Crippen molar-refractivity contribution in [1.29, 1.82) is 0 Å². The average molecular weight is 308 g/mol. The van der Waals surface area contributed by atoms with Gasteiger partial charge < -0.3 is 5.73 Å². The van der Waals surface area contributed by atoms with Crippen LogP contribution < -0.4 is 5.73 Å². The number of halogens is 1. The molecule has 0 radical (unpaired) electrons. The lowest BCUT2D eigenvalue weighted by atomic mass is 9.95. The monoisotopic (exact) mass is 307 g/mol. The zero-order valence-corrected chi connectivity index (χ0v) is 12.1. The van der Waals surface area contributed by atoms with Crippen molar-refractivity contribution in [3.63, 3.8) is 0 Å². The Balaban J connectivity index is 1.99. The van der Waals surface area contributed by atoms with Gasteiger partial charge in [0, 0.05) is 17.7 Å². The molecule has 2 N–H and O–H groups in total. The highest BCUT2D eigenvalue weighted by atomic mass is 79.9. The molecule has 2 aromatic rings. The molecule has 18 heavy (non-hydrogen) atoms. The smallest absolute Gasteiger partial charge is 0.0627 e. The van der Waals surface area contributed by atoms with E-state index in [4.69, 9.17) is 5.73 Å². The Morgan fingerprint density at radius 3 is 2.50 bits per heavy atom. The molecule has 1 atom stereocenters. The van der Waals surface area contributed by atoms with Gasteiger partial charge in [0.05, 0.1) is 5.69 Å². The molecule has 2 rings (SSSR count). The summed E-state index contributed by atoms with van der Waals surface area (Å²) in [5.74, 6) is 0.445. The third-order valence-electron chi connectivity index (χ3n) is 3.04. The van der Waals surface area contributed by atoms with Crippen LogP contribution in [0.5, 0.6) is 0 Å². The summed E-state index contributed by atoms with van der Waals surface area (Å²) in [5.41, 5.74) is 8.30. The number of rotatable bonds is 5. The second kappa shape index (κ2) is 6.16. The molecule has 0 fully saturated rings. The highest BCUT2D eigenvalue weighted by molar-refractivity contribution is 9.10. The minimum atomic E-state index is 0.445. The fraction of sp³-hybridized carbons (Fsp3) is 0.357. The largest absolute Gasteiger partial charge is 0.330 e. The van der Waals surface area contributed by atoms with Crippen LogP contribution in [-0.2, 0) is 19.9 Å². The zero-order chi connectivity index (χ0) is 13.0. The summed E-state index contributed by atoms with van der Waals surface area (Å²) in [7, 11) is 1.94. The van der Waals surface area contributed by atoms with E-state index in [1.807, 2.05) is 17.9 Å². The maximum absolute atomic E-state index is 5.86. The van der Waals surface area contributed by atoms with Gasteiger partial charge in [0.1, 0.15) is 0 Å². The quantitative estimate of drug-likeness (QED) is 0.922. The predicted molar refractivity (Wildman–Crippen MR) is 77.3 cm³/mol. The molecular formula is C14H18BrN3. The normalized spacial score (nSPS) is 12.6. The average Bonchev–Trinajstić information content (AvgIpc) is 2.77. The topological polar surface area (TPSA) is 43.8 Å². The van der Waals surface area contributed by atoms with E-state index in [1.165, 1.54) is 5.56 Å². The fourth-order valence-electron chi connectivity index (χ4n) is 2.06. The Labute approximate surface area is 116 Å². The van der Waals surface area contributed by atoms with Crippen LogP contribution in [0.25, 0.3) is 0 Å². The van der Waals surface area contributed by atoms with Gasteiger partial charge in [-0.05, 0) is 49.1 Å². The van der Waals surface area contributed by atoms with Crippen LogP contribution in [0.15, 0.2) is 41.0 Å². The summed E-state index contributed by atoms with van der Waals surface area (Å²) < 4.78 is 2.95. The summed E-state index contributed by atoms with van der Waals surface area (Å²) in [4.78, 5) is 0. The van der Waals surface area contributed by atoms with Crippen LogP contribution in [0.4, 0.5) is 0 Å². The van der Waals surface area contributed by atoms with E-state index in [1.54, 1.807) is 0 Å². The van der Waals surface area contributed by atoms with Gasteiger partial charge >= 0.3 is 0 Å². The molecular weight excluding hydrogens is 290 g/mol. The Kier molecular flexibility index (Phi) is 4.55. The first-order valence-electron chi connectivity index (χ1n) is 6.10. The lowest BCUT2D eigenvalue weighted by Gasteiger charge is -2.13. The third kappa shape index (κ3) is 3.68. The van der Waals surface area contributed by atoms with Crippen molar-refractivity contribution in [3.05, 3.63) is 52.3 Å². The van der Waals surface area contributed by atoms with Gasteiger partial charge in [-0.1, -0.05) is 28.1 Å². The van der Waals surface area contributed by atoms with Gasteiger partial charge in [0.15, 0.2) is 0 Å². The number of benzene rings is 1. The van der Waals surface area contributed by atoms with Gasteiger partial charge in [-0.25, -0.2) is 0 Å². The van der Waals surface area contributed by atoms with Crippen molar-refractivity contribution in [2.75, 3.05) is 6.54 Å². The molecule has 0 saturated carbocycles. The molecule has 4 heteroatoms. The second-order valence-corrected chi connectivity index (χ2v) is 5.53. The van der Waals surface area contributed by atoms with E-state index < -0.39 is 0 Å². The Morgan fingerprint density at radius 1 is 1.22 bits per heavy atom. The lowest BCUT2D eigenvalue weighted by Crippen LogP contribution is -2.19. The minimum absolute atomic E-state index is 0.445. The van der Waals surface area contributed by atoms with Crippen LogP contribution >= 0.6 is 15.9 Å². The van der Waals surface area contributed by atoms with E-state index in [0.29, 0.717) is 12.5 Å². The maximum Gasteiger partial charge on any atom is 0.0627 e. The fourth-order valence-corrected chi connectivity index (χ4v) is 2.32. The molecule has 0 aliphatic rings. The second-order valence-electron chi connectivity index (χ2n) is 4.62. The van der Waals surface area contributed by atoms with Crippen molar-refractivity contribution in [2.45, 2.75) is 12.8 Å². The molecule has 1 heterocycles. The van der Waals surface area contributed by atoms with Crippen molar-refractivity contribution in [1.82, 2.24) is 9.78 Å². The SMILES string of the molecule is Cn1ccc(CC(CN)Cc2ccc(Br)cc2)n1. The molecule has 3 nitrogen and oxygen atoms in total. The Bertz CT molecular complexity index is 490. The first-order valence-corrected chi connectivity index (χ1v) is 6.89.